The minimum atomic E-state index is -0.435. The summed E-state index contributed by atoms with van der Waals surface area (Å²) < 4.78 is 10.9. The Kier molecular flexibility index (Phi) is 7.02. The van der Waals surface area contributed by atoms with Gasteiger partial charge in [-0.1, -0.05) is 13.3 Å². The van der Waals surface area contributed by atoms with Crippen LogP contribution >= 0.6 is 0 Å². The number of esters is 1. The van der Waals surface area contributed by atoms with E-state index in [4.69, 9.17) is 9.47 Å². The van der Waals surface area contributed by atoms with Gasteiger partial charge in [0, 0.05) is 12.1 Å². The van der Waals surface area contributed by atoms with E-state index in [1.54, 1.807) is 0 Å². The molecule has 0 saturated carbocycles. The van der Waals surface area contributed by atoms with Crippen molar-refractivity contribution in [2.24, 2.45) is 0 Å². The van der Waals surface area contributed by atoms with Crippen molar-refractivity contribution in [2.45, 2.75) is 32.7 Å². The number of benzene rings is 1. The molecule has 0 fully saturated rings. The lowest BCUT2D eigenvalue weighted by Gasteiger charge is -2.19. The summed E-state index contributed by atoms with van der Waals surface area (Å²) in [4.78, 5) is 14.1. The molecule has 1 aromatic carbocycles. The summed E-state index contributed by atoms with van der Waals surface area (Å²) in [7, 11) is 3.86. The largest absolute Gasteiger partial charge is 0.508 e. The zero-order chi connectivity index (χ0) is 15.8. The monoisotopic (exact) mass is 295 g/mol. The predicted molar refractivity (Wildman–Crippen MR) is 81.9 cm³/mol. The predicted octanol–water partition coefficient (Wildman–Crippen LogP) is 2.68. The lowest BCUT2D eigenvalue weighted by atomic mass is 10.2. The van der Waals surface area contributed by atoms with E-state index in [-0.39, 0.29) is 11.8 Å². The molecule has 0 radical (unpaired) electrons. The van der Waals surface area contributed by atoms with E-state index < -0.39 is 5.97 Å². The number of rotatable bonds is 8. The van der Waals surface area contributed by atoms with Crippen molar-refractivity contribution in [3.63, 3.8) is 0 Å². The Morgan fingerprint density at radius 3 is 2.71 bits per heavy atom. The molecule has 1 atom stereocenters. The van der Waals surface area contributed by atoms with E-state index in [1.807, 2.05) is 25.9 Å². The van der Waals surface area contributed by atoms with Crippen LogP contribution in [-0.2, 0) is 4.74 Å². The van der Waals surface area contributed by atoms with E-state index in [2.05, 4.69) is 6.92 Å². The van der Waals surface area contributed by atoms with Gasteiger partial charge in [-0.3, -0.25) is 0 Å². The molecule has 0 bridgehead atoms. The Morgan fingerprint density at radius 2 is 2.10 bits per heavy atom. The third-order valence-corrected chi connectivity index (χ3v) is 3.28. The Balaban J connectivity index is 2.73. The summed E-state index contributed by atoms with van der Waals surface area (Å²) in [6, 6.07) is 4.56. The van der Waals surface area contributed by atoms with Crippen molar-refractivity contribution in [3.8, 4) is 11.5 Å². The number of carbonyl (C=O) groups excluding carboxylic acids is 1. The first-order valence-corrected chi connectivity index (χ1v) is 7.25. The lowest BCUT2D eigenvalue weighted by molar-refractivity contribution is 0.0412. The summed E-state index contributed by atoms with van der Waals surface area (Å²) >= 11 is 0. The second kappa shape index (κ2) is 8.52. The summed E-state index contributed by atoms with van der Waals surface area (Å²) in [5, 5.41) is 9.53. The third-order valence-electron chi connectivity index (χ3n) is 3.28. The highest BCUT2D eigenvalue weighted by Gasteiger charge is 2.16. The number of hydrogen-bond acceptors (Lipinski definition) is 5. The summed E-state index contributed by atoms with van der Waals surface area (Å²) in [5.41, 5.74) is 0.342. The van der Waals surface area contributed by atoms with Gasteiger partial charge in [-0.25, -0.2) is 4.79 Å². The van der Waals surface area contributed by atoms with Crippen molar-refractivity contribution in [3.05, 3.63) is 23.8 Å². The van der Waals surface area contributed by atoms with E-state index in [1.165, 1.54) is 18.2 Å². The van der Waals surface area contributed by atoms with Gasteiger partial charge in [-0.2, -0.15) is 0 Å². The van der Waals surface area contributed by atoms with Crippen LogP contribution in [0.1, 0.15) is 37.0 Å². The van der Waals surface area contributed by atoms with Gasteiger partial charge < -0.3 is 19.5 Å². The van der Waals surface area contributed by atoms with Crippen molar-refractivity contribution in [1.82, 2.24) is 4.90 Å². The summed E-state index contributed by atoms with van der Waals surface area (Å²) in [6.45, 7) is 4.85. The second-order valence-corrected chi connectivity index (χ2v) is 5.29. The van der Waals surface area contributed by atoms with Crippen molar-refractivity contribution in [2.75, 3.05) is 27.3 Å². The number of nitrogens with zero attached hydrogens (tertiary/aromatic N) is 1. The number of phenols is 1. The zero-order valence-electron chi connectivity index (χ0n) is 13.3. The van der Waals surface area contributed by atoms with Crippen LogP contribution in [-0.4, -0.2) is 49.3 Å². The maximum atomic E-state index is 12.1. The number of hydrogen-bond donors (Lipinski definition) is 1. The Morgan fingerprint density at radius 1 is 1.38 bits per heavy atom. The van der Waals surface area contributed by atoms with Gasteiger partial charge in [0.15, 0.2) is 0 Å². The Bertz CT molecular complexity index is 460. The highest BCUT2D eigenvalue weighted by molar-refractivity contribution is 5.92. The van der Waals surface area contributed by atoms with Gasteiger partial charge in [0.05, 0.1) is 6.61 Å². The molecule has 21 heavy (non-hydrogen) atoms. The quantitative estimate of drug-likeness (QED) is 0.590. The molecule has 1 rings (SSSR count). The van der Waals surface area contributed by atoms with Crippen LogP contribution in [0.15, 0.2) is 18.2 Å². The maximum Gasteiger partial charge on any atom is 0.341 e. The van der Waals surface area contributed by atoms with Gasteiger partial charge in [-0.05, 0) is 39.6 Å². The van der Waals surface area contributed by atoms with Crippen LogP contribution in [0.2, 0.25) is 0 Å². The molecule has 0 aliphatic rings. The second-order valence-electron chi connectivity index (χ2n) is 5.29. The van der Waals surface area contributed by atoms with E-state index in [0.717, 1.165) is 12.8 Å². The summed E-state index contributed by atoms with van der Waals surface area (Å²) in [6.07, 6.45) is 1.89. The van der Waals surface area contributed by atoms with E-state index in [0.29, 0.717) is 24.5 Å². The number of unbranched alkanes of at least 4 members (excludes halogenated alkanes) is 1. The zero-order valence-corrected chi connectivity index (χ0v) is 13.3. The standard InChI is InChI=1S/C16H25NO4/c1-5-6-9-20-15-10-13(18)7-8-14(15)16(19)21-11-12(2)17(3)4/h7-8,10,12,18H,5-6,9,11H2,1-4H3/t12-/m0/s1. The van der Waals surface area contributed by atoms with Crippen LogP contribution in [0.25, 0.3) is 0 Å². The molecule has 5 nitrogen and oxygen atoms in total. The fourth-order valence-electron chi connectivity index (χ4n) is 1.55. The smallest absolute Gasteiger partial charge is 0.341 e. The average molecular weight is 295 g/mol. The highest BCUT2D eigenvalue weighted by Crippen LogP contribution is 2.25. The van der Waals surface area contributed by atoms with Crippen LogP contribution < -0.4 is 4.74 Å². The van der Waals surface area contributed by atoms with Crippen LogP contribution in [0.4, 0.5) is 0 Å². The normalized spacial score (nSPS) is 12.2. The van der Waals surface area contributed by atoms with Crippen LogP contribution in [0.5, 0.6) is 11.5 Å². The topological polar surface area (TPSA) is 59.0 Å². The van der Waals surface area contributed by atoms with Crippen molar-refractivity contribution >= 4 is 5.97 Å². The van der Waals surface area contributed by atoms with Gasteiger partial charge in [0.2, 0.25) is 0 Å². The fraction of sp³-hybridized carbons (Fsp3) is 0.562. The molecule has 0 aliphatic heterocycles. The average Bonchev–Trinajstić information content (AvgIpc) is 2.44. The first-order valence-electron chi connectivity index (χ1n) is 7.25. The number of likely N-dealkylation sites (N-methyl/N-ethyl adjacent to an activating group) is 1. The molecule has 0 saturated heterocycles. The van der Waals surface area contributed by atoms with E-state index in [9.17, 15) is 9.90 Å². The summed E-state index contributed by atoms with van der Waals surface area (Å²) in [5.74, 6) is 0.000799. The number of aromatic hydroxyl groups is 1. The fourth-order valence-corrected chi connectivity index (χ4v) is 1.55. The van der Waals surface area contributed by atoms with E-state index >= 15 is 0 Å². The minimum absolute atomic E-state index is 0.0692. The minimum Gasteiger partial charge on any atom is -0.508 e. The highest BCUT2D eigenvalue weighted by atomic mass is 16.5. The van der Waals surface area contributed by atoms with Crippen molar-refractivity contribution < 1.29 is 19.4 Å². The molecule has 0 heterocycles. The molecule has 5 heteroatoms. The van der Waals surface area contributed by atoms with Gasteiger partial charge in [0.1, 0.15) is 23.7 Å². The van der Waals surface area contributed by atoms with Gasteiger partial charge in [0.25, 0.3) is 0 Å². The molecular weight excluding hydrogens is 270 g/mol. The molecule has 0 aliphatic carbocycles. The van der Waals surface area contributed by atoms with Gasteiger partial charge >= 0.3 is 5.97 Å². The molecule has 0 unspecified atom stereocenters. The van der Waals surface area contributed by atoms with Crippen LogP contribution in [0, 0.1) is 0 Å². The number of ether oxygens (including phenoxy) is 2. The first kappa shape index (κ1) is 17.3. The molecular formula is C16H25NO4. The molecule has 1 aromatic rings. The Hall–Kier alpha value is -1.75. The first-order chi connectivity index (χ1) is 9.95. The maximum absolute atomic E-state index is 12.1. The molecule has 0 spiro atoms. The number of carbonyl (C=O) groups is 1. The Labute approximate surface area is 126 Å². The molecule has 118 valence electrons. The third kappa shape index (κ3) is 5.63. The molecule has 0 aromatic heterocycles. The lowest BCUT2D eigenvalue weighted by Crippen LogP contribution is -2.30. The van der Waals surface area contributed by atoms with Crippen molar-refractivity contribution in [1.29, 1.82) is 0 Å². The SMILES string of the molecule is CCCCOc1cc(O)ccc1C(=O)OC[C@H](C)N(C)C. The molecule has 1 N–H and O–H groups in total. The van der Waals surface area contributed by atoms with Crippen LogP contribution in [0.3, 0.4) is 0 Å². The van der Waals surface area contributed by atoms with Gasteiger partial charge in [-0.15, -0.1) is 0 Å². The number of phenolic OH excluding ortho intramolecular Hbond substituents is 1. The molecule has 0 amide bonds.